The van der Waals surface area contributed by atoms with E-state index < -0.39 is 0 Å². The molecule has 0 fully saturated rings. The second-order valence-electron chi connectivity index (χ2n) is 3.35. The van der Waals surface area contributed by atoms with E-state index in [4.69, 9.17) is 0 Å². The van der Waals surface area contributed by atoms with Crippen molar-refractivity contribution in [1.29, 1.82) is 0 Å². The standard InChI is InChI=1S/C11H8BrFO/c1-6-4-7(5-14)11-8(12)2-3-9(13)10(6)11/h2-6H,1H3. The normalized spacial score (nSPS) is 19.1. The predicted molar refractivity (Wildman–Crippen MR) is 56.6 cm³/mol. The average molecular weight is 255 g/mol. The van der Waals surface area contributed by atoms with Crippen LogP contribution in [-0.4, -0.2) is 6.29 Å². The lowest BCUT2D eigenvalue weighted by Gasteiger charge is -2.07. The highest BCUT2D eigenvalue weighted by Crippen LogP contribution is 2.40. The number of fused-ring (bicyclic) bond motifs is 1. The minimum Gasteiger partial charge on any atom is -0.298 e. The molecule has 0 heterocycles. The molecule has 0 aromatic heterocycles. The molecule has 0 amide bonds. The number of hydrogen-bond donors (Lipinski definition) is 0. The highest BCUT2D eigenvalue weighted by Gasteiger charge is 2.25. The molecule has 72 valence electrons. The van der Waals surface area contributed by atoms with Gasteiger partial charge in [-0.1, -0.05) is 28.9 Å². The van der Waals surface area contributed by atoms with Crippen molar-refractivity contribution in [3.05, 3.63) is 39.6 Å². The summed E-state index contributed by atoms with van der Waals surface area (Å²) < 4.78 is 14.2. The third-order valence-electron chi connectivity index (χ3n) is 2.44. The topological polar surface area (TPSA) is 17.1 Å². The van der Waals surface area contributed by atoms with E-state index in [1.807, 2.05) is 6.92 Å². The lowest BCUT2D eigenvalue weighted by Crippen LogP contribution is -1.94. The largest absolute Gasteiger partial charge is 0.298 e. The van der Waals surface area contributed by atoms with Crippen molar-refractivity contribution >= 4 is 27.8 Å². The Morgan fingerprint density at radius 3 is 2.86 bits per heavy atom. The van der Waals surface area contributed by atoms with E-state index in [-0.39, 0.29) is 11.7 Å². The van der Waals surface area contributed by atoms with E-state index in [0.29, 0.717) is 16.7 Å². The van der Waals surface area contributed by atoms with E-state index in [0.717, 1.165) is 10.8 Å². The summed E-state index contributed by atoms with van der Waals surface area (Å²) in [5.41, 5.74) is 1.88. The maximum Gasteiger partial charge on any atom is 0.150 e. The Morgan fingerprint density at radius 1 is 1.50 bits per heavy atom. The van der Waals surface area contributed by atoms with E-state index >= 15 is 0 Å². The Hall–Kier alpha value is -0.960. The zero-order valence-corrected chi connectivity index (χ0v) is 9.14. The third-order valence-corrected chi connectivity index (χ3v) is 3.10. The van der Waals surface area contributed by atoms with Crippen LogP contribution in [0, 0.1) is 5.82 Å². The minimum atomic E-state index is -0.246. The van der Waals surface area contributed by atoms with Gasteiger partial charge in [0.15, 0.2) is 0 Å². The molecule has 1 unspecified atom stereocenters. The van der Waals surface area contributed by atoms with Crippen molar-refractivity contribution < 1.29 is 9.18 Å². The van der Waals surface area contributed by atoms with Crippen LogP contribution in [0.25, 0.3) is 5.57 Å². The summed E-state index contributed by atoms with van der Waals surface area (Å²) in [6.45, 7) is 1.88. The smallest absolute Gasteiger partial charge is 0.150 e. The van der Waals surface area contributed by atoms with Crippen LogP contribution in [0.2, 0.25) is 0 Å². The van der Waals surface area contributed by atoms with Crippen molar-refractivity contribution in [2.75, 3.05) is 0 Å². The maximum absolute atomic E-state index is 13.5. The van der Waals surface area contributed by atoms with Crippen LogP contribution in [0.4, 0.5) is 4.39 Å². The second kappa shape index (κ2) is 3.31. The molecule has 0 radical (unpaired) electrons. The van der Waals surface area contributed by atoms with E-state index in [1.54, 1.807) is 12.1 Å². The summed E-state index contributed by atoms with van der Waals surface area (Å²) in [6, 6.07) is 3.05. The summed E-state index contributed by atoms with van der Waals surface area (Å²) in [5.74, 6) is -0.272. The lowest BCUT2D eigenvalue weighted by molar-refractivity contribution is -0.103. The first-order chi connectivity index (χ1) is 6.65. The zero-order chi connectivity index (χ0) is 10.3. The van der Waals surface area contributed by atoms with Gasteiger partial charge in [-0.2, -0.15) is 0 Å². The summed E-state index contributed by atoms with van der Waals surface area (Å²) >= 11 is 3.32. The Balaban J connectivity index is 2.74. The lowest BCUT2D eigenvalue weighted by atomic mass is 10.0. The average Bonchev–Trinajstić information content (AvgIpc) is 2.50. The minimum absolute atomic E-state index is 0.0253. The molecule has 1 aromatic carbocycles. The first kappa shape index (κ1) is 9.59. The summed E-state index contributed by atoms with van der Waals surface area (Å²) in [4.78, 5) is 10.8. The first-order valence-electron chi connectivity index (χ1n) is 4.30. The SMILES string of the molecule is CC1C=C(C=O)c2c(Br)ccc(F)c21. The number of rotatable bonds is 1. The molecule has 0 saturated heterocycles. The third kappa shape index (κ3) is 1.23. The number of carbonyl (C=O) groups excluding carboxylic acids is 1. The summed E-state index contributed by atoms with van der Waals surface area (Å²) in [7, 11) is 0. The predicted octanol–water partition coefficient (Wildman–Crippen LogP) is 3.29. The van der Waals surface area contributed by atoms with Crippen LogP contribution < -0.4 is 0 Å². The van der Waals surface area contributed by atoms with E-state index in [2.05, 4.69) is 15.9 Å². The number of benzene rings is 1. The van der Waals surface area contributed by atoms with Gasteiger partial charge in [0, 0.05) is 27.1 Å². The number of hydrogen-bond acceptors (Lipinski definition) is 1. The Labute approximate surface area is 89.8 Å². The maximum atomic E-state index is 13.5. The highest BCUT2D eigenvalue weighted by atomic mass is 79.9. The fourth-order valence-corrected chi connectivity index (χ4v) is 2.41. The van der Waals surface area contributed by atoms with Gasteiger partial charge in [-0.05, 0) is 12.1 Å². The molecule has 1 aliphatic carbocycles. The van der Waals surface area contributed by atoms with Crippen LogP contribution in [0.3, 0.4) is 0 Å². The molecule has 14 heavy (non-hydrogen) atoms. The van der Waals surface area contributed by atoms with Crippen molar-refractivity contribution in [2.45, 2.75) is 12.8 Å². The van der Waals surface area contributed by atoms with Gasteiger partial charge in [0.25, 0.3) is 0 Å². The van der Waals surface area contributed by atoms with Crippen molar-refractivity contribution in [2.24, 2.45) is 0 Å². The van der Waals surface area contributed by atoms with Gasteiger partial charge in [0.05, 0.1) is 0 Å². The molecule has 1 nitrogen and oxygen atoms in total. The van der Waals surface area contributed by atoms with Gasteiger partial charge in [0.1, 0.15) is 12.1 Å². The van der Waals surface area contributed by atoms with Crippen molar-refractivity contribution in [1.82, 2.24) is 0 Å². The Kier molecular flexibility index (Phi) is 2.27. The van der Waals surface area contributed by atoms with E-state index in [1.165, 1.54) is 6.07 Å². The Morgan fingerprint density at radius 2 is 2.21 bits per heavy atom. The summed E-state index contributed by atoms with van der Waals surface area (Å²) in [6.07, 6.45) is 2.55. The number of aldehydes is 1. The summed E-state index contributed by atoms with van der Waals surface area (Å²) in [5, 5.41) is 0. The number of halogens is 2. The Bertz CT molecular complexity index is 437. The van der Waals surface area contributed by atoms with Gasteiger partial charge in [-0.15, -0.1) is 0 Å². The fraction of sp³-hybridized carbons (Fsp3) is 0.182. The molecule has 1 aliphatic rings. The molecule has 0 aliphatic heterocycles. The molecule has 3 heteroatoms. The fourth-order valence-electron chi connectivity index (χ4n) is 1.84. The highest BCUT2D eigenvalue weighted by molar-refractivity contribution is 9.10. The van der Waals surface area contributed by atoms with Gasteiger partial charge in [-0.3, -0.25) is 4.79 Å². The molecular formula is C11H8BrFO. The second-order valence-corrected chi connectivity index (χ2v) is 4.20. The number of allylic oxidation sites excluding steroid dienone is 2. The van der Waals surface area contributed by atoms with Crippen molar-refractivity contribution in [3.63, 3.8) is 0 Å². The van der Waals surface area contributed by atoms with Crippen LogP contribution in [0.1, 0.15) is 24.0 Å². The van der Waals surface area contributed by atoms with Crippen LogP contribution in [-0.2, 0) is 4.79 Å². The molecule has 0 saturated carbocycles. The van der Waals surface area contributed by atoms with Gasteiger partial charge < -0.3 is 0 Å². The zero-order valence-electron chi connectivity index (χ0n) is 7.55. The molecule has 1 atom stereocenters. The van der Waals surface area contributed by atoms with Gasteiger partial charge >= 0.3 is 0 Å². The molecule has 1 aromatic rings. The first-order valence-corrected chi connectivity index (χ1v) is 5.09. The molecule has 0 bridgehead atoms. The molecule has 2 rings (SSSR count). The monoisotopic (exact) mass is 254 g/mol. The van der Waals surface area contributed by atoms with Gasteiger partial charge in [-0.25, -0.2) is 4.39 Å². The van der Waals surface area contributed by atoms with Crippen LogP contribution in [0.15, 0.2) is 22.7 Å². The van der Waals surface area contributed by atoms with Crippen molar-refractivity contribution in [3.8, 4) is 0 Å². The van der Waals surface area contributed by atoms with E-state index in [9.17, 15) is 9.18 Å². The quantitative estimate of drug-likeness (QED) is 0.704. The molecular weight excluding hydrogens is 247 g/mol. The van der Waals surface area contributed by atoms with Crippen LogP contribution in [0.5, 0.6) is 0 Å². The molecule has 0 spiro atoms. The van der Waals surface area contributed by atoms with Gasteiger partial charge in [0.2, 0.25) is 0 Å². The molecule has 0 N–H and O–H groups in total. The van der Waals surface area contributed by atoms with Crippen LogP contribution >= 0.6 is 15.9 Å². The number of carbonyl (C=O) groups is 1.